The summed E-state index contributed by atoms with van der Waals surface area (Å²) in [6.07, 6.45) is 1.22. The average molecular weight is 232 g/mol. The highest BCUT2D eigenvalue weighted by Gasteiger charge is 2.25. The number of urea groups is 1. The minimum Gasteiger partial charge on any atom is -0.324 e. The predicted molar refractivity (Wildman–Crippen MR) is 70.0 cm³/mol. The van der Waals surface area contributed by atoms with Gasteiger partial charge in [-0.1, -0.05) is 32.0 Å². The molecule has 0 unspecified atom stereocenters. The third-order valence-electron chi connectivity index (χ3n) is 3.18. The van der Waals surface area contributed by atoms with Crippen molar-refractivity contribution in [1.82, 2.24) is 4.90 Å². The van der Waals surface area contributed by atoms with Crippen molar-refractivity contribution >= 4 is 11.7 Å². The van der Waals surface area contributed by atoms with Crippen LogP contribution in [0.15, 0.2) is 30.3 Å². The molecule has 3 heteroatoms. The van der Waals surface area contributed by atoms with Gasteiger partial charge in [-0.25, -0.2) is 4.79 Å². The molecule has 2 atom stereocenters. The Morgan fingerprint density at radius 1 is 1.18 bits per heavy atom. The van der Waals surface area contributed by atoms with Crippen LogP contribution in [0.25, 0.3) is 0 Å². The van der Waals surface area contributed by atoms with Crippen LogP contribution in [0.4, 0.5) is 10.5 Å². The lowest BCUT2D eigenvalue weighted by atomic mass is 9.92. The topological polar surface area (TPSA) is 32.3 Å². The molecule has 92 valence electrons. The molecule has 1 heterocycles. The van der Waals surface area contributed by atoms with Gasteiger partial charge in [0.25, 0.3) is 0 Å². The van der Waals surface area contributed by atoms with Crippen molar-refractivity contribution in [3.05, 3.63) is 30.3 Å². The second kappa shape index (κ2) is 5.21. The van der Waals surface area contributed by atoms with Gasteiger partial charge >= 0.3 is 6.03 Å². The Labute approximate surface area is 103 Å². The Morgan fingerprint density at radius 2 is 1.76 bits per heavy atom. The summed E-state index contributed by atoms with van der Waals surface area (Å²) in [7, 11) is 0. The quantitative estimate of drug-likeness (QED) is 0.792. The van der Waals surface area contributed by atoms with Crippen LogP contribution in [-0.4, -0.2) is 24.0 Å². The van der Waals surface area contributed by atoms with Crippen molar-refractivity contribution in [2.45, 2.75) is 20.3 Å². The number of hydrogen-bond acceptors (Lipinski definition) is 1. The lowest BCUT2D eigenvalue weighted by Gasteiger charge is -2.34. The number of likely N-dealkylation sites (tertiary alicyclic amines) is 1. The molecule has 0 aromatic heterocycles. The molecule has 1 aliphatic rings. The minimum absolute atomic E-state index is 0.0228. The molecule has 0 bridgehead atoms. The van der Waals surface area contributed by atoms with Gasteiger partial charge in [0.15, 0.2) is 0 Å². The maximum atomic E-state index is 12.1. The number of rotatable bonds is 1. The minimum atomic E-state index is 0.0228. The van der Waals surface area contributed by atoms with E-state index in [0.717, 1.165) is 18.8 Å². The molecule has 1 fully saturated rings. The number of anilines is 1. The molecule has 1 aromatic carbocycles. The molecule has 0 aliphatic carbocycles. The van der Waals surface area contributed by atoms with Gasteiger partial charge in [-0.05, 0) is 30.4 Å². The van der Waals surface area contributed by atoms with Gasteiger partial charge in [0.05, 0.1) is 0 Å². The summed E-state index contributed by atoms with van der Waals surface area (Å²) < 4.78 is 0. The lowest BCUT2D eigenvalue weighted by Crippen LogP contribution is -2.44. The van der Waals surface area contributed by atoms with Crippen LogP contribution in [-0.2, 0) is 0 Å². The van der Waals surface area contributed by atoms with Gasteiger partial charge in [-0.2, -0.15) is 0 Å². The van der Waals surface area contributed by atoms with Crippen molar-refractivity contribution in [1.29, 1.82) is 0 Å². The summed E-state index contributed by atoms with van der Waals surface area (Å²) in [5.41, 5.74) is 0.864. The van der Waals surface area contributed by atoms with E-state index in [4.69, 9.17) is 0 Å². The van der Waals surface area contributed by atoms with Crippen LogP contribution in [0.5, 0.6) is 0 Å². The Bertz CT molecular complexity index is 367. The number of carbonyl (C=O) groups is 1. The molecule has 2 rings (SSSR count). The Morgan fingerprint density at radius 3 is 2.35 bits per heavy atom. The molecule has 1 aromatic rings. The van der Waals surface area contributed by atoms with Gasteiger partial charge in [0.2, 0.25) is 0 Å². The summed E-state index contributed by atoms with van der Waals surface area (Å²) in [4.78, 5) is 14.0. The first-order chi connectivity index (χ1) is 8.15. The highest BCUT2D eigenvalue weighted by Crippen LogP contribution is 2.21. The summed E-state index contributed by atoms with van der Waals surface area (Å²) in [6, 6.07) is 9.65. The lowest BCUT2D eigenvalue weighted by molar-refractivity contribution is 0.156. The number of hydrogen-bond donors (Lipinski definition) is 1. The summed E-state index contributed by atoms with van der Waals surface area (Å²) in [5.74, 6) is 1.19. The smallest absolute Gasteiger partial charge is 0.321 e. The molecule has 1 aliphatic heterocycles. The molecular weight excluding hydrogens is 212 g/mol. The third kappa shape index (κ3) is 3.22. The van der Waals surface area contributed by atoms with Crippen LogP contribution < -0.4 is 5.32 Å². The molecule has 3 nitrogen and oxygen atoms in total. The fraction of sp³-hybridized carbons (Fsp3) is 0.500. The van der Waals surface area contributed by atoms with E-state index in [1.165, 1.54) is 6.42 Å². The van der Waals surface area contributed by atoms with E-state index in [0.29, 0.717) is 11.8 Å². The van der Waals surface area contributed by atoms with Crippen LogP contribution in [0.3, 0.4) is 0 Å². The van der Waals surface area contributed by atoms with E-state index in [9.17, 15) is 4.79 Å². The first-order valence-electron chi connectivity index (χ1n) is 6.26. The SMILES string of the molecule is C[C@H]1C[C@H](C)CN(C(=O)Nc2ccccc2)C1. The summed E-state index contributed by atoms with van der Waals surface area (Å²) in [6.45, 7) is 6.14. The van der Waals surface area contributed by atoms with Crippen molar-refractivity contribution in [2.75, 3.05) is 18.4 Å². The molecule has 1 saturated heterocycles. The van der Waals surface area contributed by atoms with E-state index in [-0.39, 0.29) is 6.03 Å². The molecule has 0 spiro atoms. The zero-order valence-electron chi connectivity index (χ0n) is 10.5. The molecule has 0 saturated carbocycles. The van der Waals surface area contributed by atoms with E-state index in [2.05, 4.69) is 19.2 Å². The fourth-order valence-corrected chi connectivity index (χ4v) is 2.55. The molecular formula is C14H20N2O. The largest absolute Gasteiger partial charge is 0.324 e. The van der Waals surface area contributed by atoms with Crippen molar-refractivity contribution in [3.63, 3.8) is 0 Å². The van der Waals surface area contributed by atoms with Crippen LogP contribution in [0.2, 0.25) is 0 Å². The normalized spacial score (nSPS) is 24.5. The number of nitrogens with one attached hydrogen (secondary N) is 1. The summed E-state index contributed by atoms with van der Waals surface area (Å²) in [5, 5.41) is 2.94. The molecule has 0 radical (unpaired) electrons. The van der Waals surface area contributed by atoms with Gasteiger partial charge in [0.1, 0.15) is 0 Å². The third-order valence-corrected chi connectivity index (χ3v) is 3.18. The van der Waals surface area contributed by atoms with Crippen molar-refractivity contribution < 1.29 is 4.79 Å². The zero-order valence-corrected chi connectivity index (χ0v) is 10.5. The zero-order chi connectivity index (χ0) is 12.3. The average Bonchev–Trinajstić information content (AvgIpc) is 2.29. The molecule has 1 N–H and O–H groups in total. The number of amides is 2. The predicted octanol–water partition coefficient (Wildman–Crippen LogP) is 3.20. The number of carbonyl (C=O) groups excluding carboxylic acids is 1. The Kier molecular flexibility index (Phi) is 3.67. The highest BCUT2D eigenvalue weighted by atomic mass is 16.2. The molecule has 2 amide bonds. The first kappa shape index (κ1) is 12.0. The van der Waals surface area contributed by atoms with E-state index in [1.807, 2.05) is 35.2 Å². The summed E-state index contributed by atoms with van der Waals surface area (Å²) >= 11 is 0. The second-order valence-corrected chi connectivity index (χ2v) is 5.15. The van der Waals surface area contributed by atoms with E-state index in [1.54, 1.807) is 0 Å². The fourth-order valence-electron chi connectivity index (χ4n) is 2.55. The first-order valence-corrected chi connectivity index (χ1v) is 6.26. The van der Waals surface area contributed by atoms with E-state index >= 15 is 0 Å². The van der Waals surface area contributed by atoms with Crippen molar-refractivity contribution in [3.8, 4) is 0 Å². The van der Waals surface area contributed by atoms with Crippen LogP contribution >= 0.6 is 0 Å². The Balaban J connectivity index is 1.96. The standard InChI is InChI=1S/C14H20N2O/c1-11-8-12(2)10-16(9-11)14(17)15-13-6-4-3-5-7-13/h3-7,11-12H,8-10H2,1-2H3,(H,15,17)/t11-,12-/m0/s1. The van der Waals surface area contributed by atoms with Crippen molar-refractivity contribution in [2.24, 2.45) is 11.8 Å². The van der Waals surface area contributed by atoms with Gasteiger partial charge in [-0.15, -0.1) is 0 Å². The maximum absolute atomic E-state index is 12.1. The number of para-hydroxylation sites is 1. The highest BCUT2D eigenvalue weighted by molar-refractivity contribution is 5.89. The number of benzene rings is 1. The van der Waals surface area contributed by atoms with Gasteiger partial charge in [0, 0.05) is 18.8 Å². The van der Waals surface area contributed by atoms with Crippen LogP contribution in [0, 0.1) is 11.8 Å². The monoisotopic (exact) mass is 232 g/mol. The van der Waals surface area contributed by atoms with Gasteiger partial charge < -0.3 is 10.2 Å². The maximum Gasteiger partial charge on any atom is 0.321 e. The second-order valence-electron chi connectivity index (χ2n) is 5.15. The Hall–Kier alpha value is -1.51. The number of piperidine rings is 1. The number of nitrogens with zero attached hydrogens (tertiary/aromatic N) is 1. The van der Waals surface area contributed by atoms with E-state index < -0.39 is 0 Å². The molecule has 17 heavy (non-hydrogen) atoms. The van der Waals surface area contributed by atoms with Crippen LogP contribution in [0.1, 0.15) is 20.3 Å². The van der Waals surface area contributed by atoms with Gasteiger partial charge in [-0.3, -0.25) is 0 Å².